The van der Waals surface area contributed by atoms with Gasteiger partial charge in [-0.1, -0.05) is 31.9 Å². The van der Waals surface area contributed by atoms with Gasteiger partial charge in [0.1, 0.15) is 5.75 Å². The number of rotatable bonds is 8. The first-order valence-corrected chi connectivity index (χ1v) is 10.2. The molecule has 1 aromatic heterocycles. The molecule has 1 aliphatic rings. The topological polar surface area (TPSA) is 60.5 Å². The number of nitrogens with zero attached hydrogens (tertiary/aromatic N) is 1. The maximum Gasteiger partial charge on any atom is 0.247 e. The van der Waals surface area contributed by atoms with Gasteiger partial charge in [0.15, 0.2) is 0 Å². The minimum Gasteiger partial charge on any atom is -0.494 e. The highest BCUT2D eigenvalue weighted by atomic mass is 16.5. The van der Waals surface area contributed by atoms with Gasteiger partial charge in [0.05, 0.1) is 19.3 Å². The minimum absolute atomic E-state index is 0.0514. The number of aromatic nitrogens is 1. The molecule has 1 N–H and O–H groups in total. The Labute approximate surface area is 173 Å². The second-order valence-corrected chi connectivity index (χ2v) is 7.74. The van der Waals surface area contributed by atoms with Crippen LogP contribution in [0.3, 0.4) is 0 Å². The Morgan fingerprint density at radius 2 is 1.90 bits per heavy atom. The van der Waals surface area contributed by atoms with E-state index >= 15 is 0 Å². The molecule has 2 aromatic rings. The molecular weight excluding hydrogens is 364 g/mol. The zero-order valence-electron chi connectivity index (χ0n) is 17.7. The molecule has 0 unspecified atom stereocenters. The third kappa shape index (κ3) is 4.78. The van der Waals surface area contributed by atoms with E-state index in [0.717, 1.165) is 41.1 Å². The Kier molecular flexibility index (Phi) is 6.57. The van der Waals surface area contributed by atoms with E-state index in [4.69, 9.17) is 9.47 Å². The van der Waals surface area contributed by atoms with Crippen LogP contribution in [0.25, 0.3) is 5.57 Å². The van der Waals surface area contributed by atoms with Crippen molar-refractivity contribution in [2.24, 2.45) is 0 Å². The number of nitrogens with one attached hydrogen (secondary N) is 1. The first-order valence-electron chi connectivity index (χ1n) is 10.2. The smallest absolute Gasteiger partial charge is 0.247 e. The first kappa shape index (κ1) is 20.9. The zero-order valence-corrected chi connectivity index (χ0v) is 17.7. The molecule has 0 spiro atoms. The van der Waals surface area contributed by atoms with Crippen molar-refractivity contribution in [2.45, 2.75) is 52.0 Å². The lowest BCUT2D eigenvalue weighted by atomic mass is 9.79. The summed E-state index contributed by atoms with van der Waals surface area (Å²) in [6.45, 7) is 6.84. The van der Waals surface area contributed by atoms with Crippen molar-refractivity contribution in [1.29, 1.82) is 0 Å². The van der Waals surface area contributed by atoms with E-state index in [1.54, 1.807) is 13.3 Å². The van der Waals surface area contributed by atoms with Crippen LogP contribution in [0.15, 0.2) is 48.2 Å². The van der Waals surface area contributed by atoms with Crippen molar-refractivity contribution >= 4 is 11.5 Å². The second-order valence-electron chi connectivity index (χ2n) is 7.74. The average molecular weight is 395 g/mol. The number of unbranched alkanes of at least 4 members (excludes halogenated alkanes) is 2. The predicted octanol–water partition coefficient (Wildman–Crippen LogP) is 4.87. The molecule has 1 atom stereocenters. The summed E-state index contributed by atoms with van der Waals surface area (Å²) in [5.74, 6) is 1.37. The van der Waals surface area contributed by atoms with Gasteiger partial charge in [-0.05, 0) is 55.2 Å². The number of ether oxygens (including phenoxy) is 2. The van der Waals surface area contributed by atoms with Gasteiger partial charge in [0, 0.05) is 24.3 Å². The molecule has 154 valence electrons. The Morgan fingerprint density at radius 1 is 1.14 bits per heavy atom. The summed E-state index contributed by atoms with van der Waals surface area (Å²) in [4.78, 5) is 17.0. The molecule has 1 aromatic carbocycles. The van der Waals surface area contributed by atoms with E-state index in [9.17, 15) is 4.79 Å². The molecule has 0 fully saturated rings. The predicted molar refractivity (Wildman–Crippen MR) is 115 cm³/mol. The fourth-order valence-corrected chi connectivity index (χ4v) is 3.65. The number of methoxy groups -OCH3 is 1. The maximum atomic E-state index is 12.7. The van der Waals surface area contributed by atoms with Gasteiger partial charge in [-0.15, -0.1) is 0 Å². The van der Waals surface area contributed by atoms with Crippen LogP contribution >= 0.6 is 0 Å². The van der Waals surface area contributed by atoms with Crippen molar-refractivity contribution in [1.82, 2.24) is 10.3 Å². The highest BCUT2D eigenvalue weighted by molar-refractivity contribution is 6.03. The van der Waals surface area contributed by atoms with E-state index in [1.165, 1.54) is 12.8 Å². The number of amides is 1. The molecule has 1 aliphatic heterocycles. The summed E-state index contributed by atoms with van der Waals surface area (Å²) in [5.41, 5.74) is 3.24. The summed E-state index contributed by atoms with van der Waals surface area (Å²) in [6, 6.07) is 11.8. The van der Waals surface area contributed by atoms with E-state index in [-0.39, 0.29) is 5.91 Å². The first-order chi connectivity index (χ1) is 14.0. The normalized spacial score (nSPS) is 19.1. The third-order valence-corrected chi connectivity index (χ3v) is 5.52. The van der Waals surface area contributed by atoms with Gasteiger partial charge in [-0.2, -0.15) is 0 Å². The SMILES string of the molecule is CCCCCOc1ccc([C@]2(C)CC(c3ccc(OC)nc3)=C(C)C(=O)N2)cc1. The molecular formula is C24H30N2O3. The molecule has 0 bridgehead atoms. The molecule has 3 rings (SSSR count). The molecule has 0 aliphatic carbocycles. The van der Waals surface area contributed by atoms with Gasteiger partial charge >= 0.3 is 0 Å². The van der Waals surface area contributed by atoms with Crippen LogP contribution in [0.5, 0.6) is 11.6 Å². The molecule has 0 saturated heterocycles. The van der Waals surface area contributed by atoms with Crippen LogP contribution in [0, 0.1) is 0 Å². The van der Waals surface area contributed by atoms with Crippen LogP contribution in [0.2, 0.25) is 0 Å². The largest absolute Gasteiger partial charge is 0.494 e. The van der Waals surface area contributed by atoms with Crippen molar-refractivity contribution in [3.8, 4) is 11.6 Å². The average Bonchev–Trinajstić information content (AvgIpc) is 2.74. The number of hydrogen-bond acceptors (Lipinski definition) is 4. The Balaban J connectivity index is 1.79. The zero-order chi connectivity index (χ0) is 20.9. The highest BCUT2D eigenvalue weighted by Gasteiger charge is 2.36. The Morgan fingerprint density at radius 3 is 2.52 bits per heavy atom. The van der Waals surface area contributed by atoms with Crippen molar-refractivity contribution in [3.05, 3.63) is 59.3 Å². The number of carbonyl (C=O) groups excluding carboxylic acids is 1. The summed E-state index contributed by atoms with van der Waals surface area (Å²) < 4.78 is 11.0. The van der Waals surface area contributed by atoms with E-state index in [2.05, 4.69) is 24.1 Å². The van der Waals surface area contributed by atoms with Crippen molar-refractivity contribution < 1.29 is 14.3 Å². The van der Waals surface area contributed by atoms with Gasteiger partial charge < -0.3 is 14.8 Å². The van der Waals surface area contributed by atoms with E-state index < -0.39 is 5.54 Å². The van der Waals surface area contributed by atoms with Crippen molar-refractivity contribution in [2.75, 3.05) is 13.7 Å². The summed E-state index contributed by atoms with van der Waals surface area (Å²) in [7, 11) is 1.59. The van der Waals surface area contributed by atoms with Crippen LogP contribution in [0.4, 0.5) is 0 Å². The fraction of sp³-hybridized carbons (Fsp3) is 0.417. The lowest BCUT2D eigenvalue weighted by Gasteiger charge is -2.37. The lowest BCUT2D eigenvalue weighted by Crippen LogP contribution is -2.47. The summed E-state index contributed by atoms with van der Waals surface area (Å²) in [5, 5.41) is 3.18. The van der Waals surface area contributed by atoms with Gasteiger partial charge in [-0.25, -0.2) is 4.98 Å². The standard InChI is InChI=1S/C24H30N2O3/c1-5-6-7-14-29-20-11-9-19(10-12-20)24(3)15-21(17(2)23(27)26-24)18-8-13-22(28-4)25-16-18/h8-13,16H,5-7,14-15H2,1-4H3,(H,26,27)/t24-/m0/s1. The van der Waals surface area contributed by atoms with Crippen LogP contribution in [-0.4, -0.2) is 24.6 Å². The van der Waals surface area contributed by atoms with E-state index in [1.807, 2.05) is 43.3 Å². The number of carbonyl (C=O) groups is 1. The molecule has 5 nitrogen and oxygen atoms in total. The quantitative estimate of drug-likeness (QED) is 0.649. The number of benzene rings is 1. The van der Waals surface area contributed by atoms with Crippen LogP contribution in [0.1, 0.15) is 57.6 Å². The van der Waals surface area contributed by atoms with Gasteiger partial charge in [0.25, 0.3) is 0 Å². The number of hydrogen-bond donors (Lipinski definition) is 1. The molecule has 1 amide bonds. The third-order valence-electron chi connectivity index (χ3n) is 5.52. The fourth-order valence-electron chi connectivity index (χ4n) is 3.65. The molecule has 2 heterocycles. The van der Waals surface area contributed by atoms with Gasteiger partial charge in [0.2, 0.25) is 11.8 Å². The molecule has 0 radical (unpaired) electrons. The van der Waals surface area contributed by atoms with Crippen molar-refractivity contribution in [3.63, 3.8) is 0 Å². The Hall–Kier alpha value is -2.82. The second kappa shape index (κ2) is 9.12. The lowest BCUT2D eigenvalue weighted by molar-refractivity contribution is -0.119. The van der Waals surface area contributed by atoms with Crippen LogP contribution in [-0.2, 0) is 10.3 Å². The maximum absolute atomic E-state index is 12.7. The molecule has 29 heavy (non-hydrogen) atoms. The van der Waals surface area contributed by atoms with Gasteiger partial charge in [-0.3, -0.25) is 4.79 Å². The summed E-state index contributed by atoms with van der Waals surface area (Å²) >= 11 is 0. The number of pyridine rings is 1. The monoisotopic (exact) mass is 394 g/mol. The highest BCUT2D eigenvalue weighted by Crippen LogP contribution is 2.38. The molecule has 0 saturated carbocycles. The molecule has 5 heteroatoms. The summed E-state index contributed by atoms with van der Waals surface area (Å²) in [6.07, 6.45) is 5.88. The minimum atomic E-state index is -0.493. The van der Waals surface area contributed by atoms with Crippen LogP contribution < -0.4 is 14.8 Å². The Bertz CT molecular complexity index is 872. The van der Waals surface area contributed by atoms with E-state index in [0.29, 0.717) is 12.3 Å².